The van der Waals surface area contributed by atoms with Crippen molar-refractivity contribution in [2.24, 2.45) is 0 Å². The lowest BCUT2D eigenvalue weighted by Crippen LogP contribution is -2.29. The van der Waals surface area contributed by atoms with Crippen molar-refractivity contribution in [2.75, 3.05) is 4.90 Å². The Bertz CT molecular complexity index is 1280. The first kappa shape index (κ1) is 18.3. The minimum absolute atomic E-state index is 0.138. The molecule has 6 nitrogen and oxygen atoms in total. The highest BCUT2D eigenvalue weighted by Crippen LogP contribution is 2.44. The van der Waals surface area contributed by atoms with Crippen LogP contribution in [0.1, 0.15) is 17.4 Å². The first-order chi connectivity index (χ1) is 14.5. The zero-order valence-electron chi connectivity index (χ0n) is 15.3. The molecule has 148 valence electrons. The molecule has 2 aromatic heterocycles. The molecule has 1 unspecified atom stereocenters. The van der Waals surface area contributed by atoms with E-state index in [1.807, 2.05) is 24.3 Å². The normalized spacial score (nSPS) is 18.4. The van der Waals surface area contributed by atoms with Gasteiger partial charge in [-0.2, -0.15) is 0 Å². The summed E-state index contributed by atoms with van der Waals surface area (Å²) in [5, 5.41) is 11.2. The average Bonchev–Trinajstić information content (AvgIpc) is 3.47. The van der Waals surface area contributed by atoms with Gasteiger partial charge in [-0.25, -0.2) is 9.37 Å². The summed E-state index contributed by atoms with van der Waals surface area (Å²) >= 11 is 1.26. The maximum Gasteiger partial charge on any atom is 0.302 e. The molecule has 1 atom stereocenters. The molecule has 8 heteroatoms. The first-order valence-corrected chi connectivity index (χ1v) is 9.82. The zero-order chi connectivity index (χ0) is 20.8. The van der Waals surface area contributed by atoms with E-state index in [4.69, 9.17) is 4.42 Å². The van der Waals surface area contributed by atoms with E-state index in [9.17, 15) is 19.1 Å². The van der Waals surface area contributed by atoms with Crippen molar-refractivity contribution in [1.82, 2.24) is 4.98 Å². The molecule has 1 aliphatic rings. The minimum Gasteiger partial charge on any atom is -0.507 e. The number of furan rings is 1. The SMILES string of the molecule is O=C1C(=O)N(c2nc3ccccc3s2)C(c2ccco2)/C1=C(\O)c1ccc(F)cc1. The minimum atomic E-state index is -0.995. The molecule has 0 saturated carbocycles. The number of rotatable bonds is 3. The van der Waals surface area contributed by atoms with E-state index < -0.39 is 29.3 Å². The number of nitrogens with zero attached hydrogens (tertiary/aromatic N) is 2. The fourth-order valence-electron chi connectivity index (χ4n) is 3.47. The average molecular weight is 420 g/mol. The van der Waals surface area contributed by atoms with E-state index in [0.29, 0.717) is 16.4 Å². The molecule has 0 radical (unpaired) electrons. The Kier molecular flexibility index (Phi) is 4.22. The van der Waals surface area contributed by atoms with Crippen LogP contribution in [0.15, 0.2) is 76.9 Å². The Hall–Kier alpha value is -3.78. The van der Waals surface area contributed by atoms with Gasteiger partial charge in [0, 0.05) is 5.56 Å². The third-order valence-corrected chi connectivity index (χ3v) is 5.90. The number of carbonyl (C=O) groups excluding carboxylic acids is 2. The van der Waals surface area contributed by atoms with Crippen molar-refractivity contribution < 1.29 is 23.5 Å². The first-order valence-electron chi connectivity index (χ1n) is 9.00. The van der Waals surface area contributed by atoms with Gasteiger partial charge >= 0.3 is 5.91 Å². The number of Topliss-reactive ketones (excluding diaryl/α,β-unsaturated/α-hetero) is 1. The van der Waals surface area contributed by atoms with Gasteiger partial charge in [0.25, 0.3) is 5.78 Å². The molecule has 0 aliphatic carbocycles. The third-order valence-electron chi connectivity index (χ3n) is 4.86. The smallest absolute Gasteiger partial charge is 0.302 e. The van der Waals surface area contributed by atoms with Crippen LogP contribution in [0.25, 0.3) is 16.0 Å². The second-order valence-corrected chi connectivity index (χ2v) is 7.66. The van der Waals surface area contributed by atoms with Crippen LogP contribution in [-0.4, -0.2) is 21.8 Å². The monoisotopic (exact) mass is 420 g/mol. The fraction of sp³-hybridized carbons (Fsp3) is 0.0455. The number of hydrogen-bond donors (Lipinski definition) is 1. The summed E-state index contributed by atoms with van der Waals surface area (Å²) in [6.07, 6.45) is 1.42. The highest BCUT2D eigenvalue weighted by molar-refractivity contribution is 7.22. The van der Waals surface area contributed by atoms with Crippen molar-refractivity contribution in [1.29, 1.82) is 0 Å². The van der Waals surface area contributed by atoms with Crippen LogP contribution >= 0.6 is 11.3 Å². The molecular formula is C22H13FN2O4S. The van der Waals surface area contributed by atoms with Gasteiger partial charge in [0.2, 0.25) is 0 Å². The van der Waals surface area contributed by atoms with Crippen LogP contribution in [0.3, 0.4) is 0 Å². The Morgan fingerprint density at radius 2 is 1.83 bits per heavy atom. The summed E-state index contributed by atoms with van der Waals surface area (Å²) in [4.78, 5) is 31.7. The van der Waals surface area contributed by atoms with E-state index in [0.717, 1.165) is 4.70 Å². The van der Waals surface area contributed by atoms with Crippen molar-refractivity contribution in [3.63, 3.8) is 0 Å². The molecule has 30 heavy (non-hydrogen) atoms. The maximum atomic E-state index is 13.3. The van der Waals surface area contributed by atoms with Gasteiger partial charge in [-0.15, -0.1) is 0 Å². The third kappa shape index (κ3) is 2.81. The number of para-hydroxylation sites is 1. The lowest BCUT2D eigenvalue weighted by atomic mass is 9.99. The molecule has 1 amide bonds. The molecule has 0 bridgehead atoms. The van der Waals surface area contributed by atoms with Crippen LogP contribution in [0.5, 0.6) is 0 Å². The summed E-state index contributed by atoms with van der Waals surface area (Å²) in [5.74, 6) is -2.27. The number of aromatic nitrogens is 1. The Morgan fingerprint density at radius 1 is 1.07 bits per heavy atom. The molecular weight excluding hydrogens is 407 g/mol. The van der Waals surface area contributed by atoms with Crippen LogP contribution < -0.4 is 4.90 Å². The van der Waals surface area contributed by atoms with E-state index >= 15 is 0 Å². The Morgan fingerprint density at radius 3 is 2.53 bits per heavy atom. The Labute approximate surface area is 173 Å². The quantitative estimate of drug-likeness (QED) is 0.296. The lowest BCUT2D eigenvalue weighted by molar-refractivity contribution is -0.132. The molecule has 1 saturated heterocycles. The largest absolute Gasteiger partial charge is 0.507 e. The standard InChI is InChI=1S/C22H13FN2O4S/c23-13-9-7-12(8-10-13)19(26)17-18(15-5-3-11-29-15)25(21(28)20(17)27)22-24-14-4-1-2-6-16(14)30-22/h1-11,18,26H/b19-17+. The fourth-order valence-corrected chi connectivity index (χ4v) is 4.46. The highest BCUT2D eigenvalue weighted by Gasteiger charge is 2.49. The zero-order valence-corrected chi connectivity index (χ0v) is 16.1. The molecule has 2 aromatic carbocycles. The van der Waals surface area contributed by atoms with Gasteiger partial charge in [0.05, 0.1) is 22.1 Å². The highest BCUT2D eigenvalue weighted by atomic mass is 32.1. The van der Waals surface area contributed by atoms with Crippen LogP contribution in [-0.2, 0) is 9.59 Å². The number of benzene rings is 2. The maximum absolute atomic E-state index is 13.3. The lowest BCUT2D eigenvalue weighted by Gasteiger charge is -2.20. The van der Waals surface area contributed by atoms with Crippen molar-refractivity contribution >= 4 is 44.1 Å². The second-order valence-electron chi connectivity index (χ2n) is 6.66. The van der Waals surface area contributed by atoms with E-state index in [1.54, 1.807) is 12.1 Å². The van der Waals surface area contributed by atoms with Gasteiger partial charge < -0.3 is 9.52 Å². The van der Waals surface area contributed by atoms with Gasteiger partial charge in [-0.3, -0.25) is 14.5 Å². The van der Waals surface area contributed by atoms with Crippen molar-refractivity contribution in [3.8, 4) is 0 Å². The molecule has 4 aromatic rings. The van der Waals surface area contributed by atoms with Gasteiger partial charge in [0.1, 0.15) is 23.4 Å². The number of anilines is 1. The summed E-state index contributed by atoms with van der Waals surface area (Å²) in [6.45, 7) is 0. The summed E-state index contributed by atoms with van der Waals surface area (Å²) in [6, 6.07) is 14.6. The Balaban J connectivity index is 1.71. The number of thiazole rings is 1. The van der Waals surface area contributed by atoms with Gasteiger partial charge in [-0.1, -0.05) is 23.5 Å². The number of aliphatic hydroxyl groups is 1. The van der Waals surface area contributed by atoms with E-state index in [2.05, 4.69) is 4.98 Å². The molecule has 0 spiro atoms. The number of aliphatic hydroxyl groups excluding tert-OH is 1. The molecule has 3 heterocycles. The van der Waals surface area contributed by atoms with Crippen LogP contribution in [0.2, 0.25) is 0 Å². The number of ketones is 1. The number of hydrogen-bond acceptors (Lipinski definition) is 6. The number of halogens is 1. The van der Waals surface area contributed by atoms with E-state index in [1.165, 1.54) is 46.8 Å². The summed E-state index contributed by atoms with van der Waals surface area (Å²) < 4.78 is 19.7. The van der Waals surface area contributed by atoms with Gasteiger partial charge in [0.15, 0.2) is 5.13 Å². The molecule has 1 aliphatic heterocycles. The second kappa shape index (κ2) is 6.93. The van der Waals surface area contributed by atoms with Crippen molar-refractivity contribution in [2.45, 2.75) is 6.04 Å². The predicted octanol–water partition coefficient (Wildman–Crippen LogP) is 4.65. The number of amides is 1. The molecule has 5 rings (SSSR count). The van der Waals surface area contributed by atoms with Gasteiger partial charge in [-0.05, 0) is 48.5 Å². The van der Waals surface area contributed by atoms with Crippen molar-refractivity contribution in [3.05, 3.63) is 89.6 Å². The predicted molar refractivity (Wildman–Crippen MR) is 110 cm³/mol. The number of carbonyl (C=O) groups is 2. The molecule has 1 N–H and O–H groups in total. The summed E-state index contributed by atoms with van der Waals surface area (Å²) in [5.41, 5.74) is 0.771. The van der Waals surface area contributed by atoms with Crippen LogP contribution in [0, 0.1) is 5.82 Å². The van der Waals surface area contributed by atoms with Crippen LogP contribution in [0.4, 0.5) is 9.52 Å². The topological polar surface area (TPSA) is 83.6 Å². The summed E-state index contributed by atoms with van der Waals surface area (Å²) in [7, 11) is 0. The molecule has 1 fully saturated rings. The number of fused-ring (bicyclic) bond motifs is 1. The van der Waals surface area contributed by atoms with E-state index in [-0.39, 0.29) is 11.1 Å².